The van der Waals surface area contributed by atoms with Gasteiger partial charge in [-0.3, -0.25) is 0 Å². The number of hydrogen-bond donors (Lipinski definition) is 1. The molecule has 0 fully saturated rings. The monoisotopic (exact) mass is 279 g/mol. The summed E-state index contributed by atoms with van der Waals surface area (Å²) in [5.74, 6) is 1.99. The van der Waals surface area contributed by atoms with Crippen LogP contribution in [0, 0.1) is 0 Å². The molecule has 2 aliphatic rings. The number of nitrogens with zero attached hydrogens (tertiary/aromatic N) is 2. The number of aromatic nitrogens is 2. The van der Waals surface area contributed by atoms with E-state index in [1.54, 1.807) is 0 Å². The Morgan fingerprint density at radius 1 is 0.952 bits per heavy atom. The Bertz CT molecular complexity index is 678. The Hall–Kier alpha value is -1.90. The largest absolute Gasteiger partial charge is 0.383 e. The van der Waals surface area contributed by atoms with Gasteiger partial charge in [-0.2, -0.15) is 0 Å². The van der Waals surface area contributed by atoms with Gasteiger partial charge in [-0.05, 0) is 56.1 Å². The molecule has 21 heavy (non-hydrogen) atoms. The minimum atomic E-state index is 0.324. The summed E-state index contributed by atoms with van der Waals surface area (Å²) in [6.07, 6.45) is 8.06. The molecule has 1 unspecified atom stereocenters. The van der Waals surface area contributed by atoms with Crippen LogP contribution in [0.1, 0.15) is 59.8 Å². The lowest BCUT2D eigenvalue weighted by molar-refractivity contribution is 0.579. The summed E-state index contributed by atoms with van der Waals surface area (Å²) in [6, 6.07) is 8.73. The normalized spacial score (nSPS) is 20.7. The number of nitrogens with two attached hydrogens (primary N) is 1. The minimum Gasteiger partial charge on any atom is -0.383 e. The zero-order chi connectivity index (χ0) is 14.2. The van der Waals surface area contributed by atoms with Crippen LogP contribution in [0.5, 0.6) is 0 Å². The Labute approximate surface area is 125 Å². The van der Waals surface area contributed by atoms with Crippen molar-refractivity contribution < 1.29 is 0 Å². The molecule has 1 heterocycles. The number of anilines is 1. The van der Waals surface area contributed by atoms with E-state index in [0.29, 0.717) is 5.92 Å². The van der Waals surface area contributed by atoms with Crippen molar-refractivity contribution in [2.24, 2.45) is 0 Å². The van der Waals surface area contributed by atoms with Crippen molar-refractivity contribution in [1.29, 1.82) is 0 Å². The number of nitrogen functional groups attached to an aromatic ring is 1. The van der Waals surface area contributed by atoms with Crippen molar-refractivity contribution in [3.63, 3.8) is 0 Å². The number of fused-ring (bicyclic) bond motifs is 2. The summed E-state index contributed by atoms with van der Waals surface area (Å²) in [5.41, 5.74) is 11.5. The number of rotatable bonds is 1. The second kappa shape index (κ2) is 5.14. The van der Waals surface area contributed by atoms with Crippen LogP contribution in [-0.2, 0) is 19.3 Å². The van der Waals surface area contributed by atoms with E-state index >= 15 is 0 Å². The maximum absolute atomic E-state index is 6.22. The lowest BCUT2D eigenvalue weighted by Gasteiger charge is -2.26. The van der Waals surface area contributed by atoms with Gasteiger partial charge in [-0.25, -0.2) is 9.97 Å². The van der Waals surface area contributed by atoms with Crippen LogP contribution >= 0.6 is 0 Å². The zero-order valence-electron chi connectivity index (χ0n) is 12.3. The molecular formula is C18H21N3. The summed E-state index contributed by atoms with van der Waals surface area (Å²) < 4.78 is 0. The first-order valence-corrected chi connectivity index (χ1v) is 8.06. The fourth-order valence-corrected chi connectivity index (χ4v) is 3.82. The van der Waals surface area contributed by atoms with Crippen LogP contribution in [0.3, 0.4) is 0 Å². The van der Waals surface area contributed by atoms with Crippen molar-refractivity contribution in [3.8, 4) is 0 Å². The van der Waals surface area contributed by atoms with Crippen molar-refractivity contribution in [1.82, 2.24) is 9.97 Å². The van der Waals surface area contributed by atoms with Crippen LogP contribution in [0.15, 0.2) is 24.3 Å². The lowest BCUT2D eigenvalue weighted by atomic mass is 9.82. The van der Waals surface area contributed by atoms with E-state index in [0.717, 1.165) is 30.9 Å². The van der Waals surface area contributed by atoms with Crippen LogP contribution in [0.4, 0.5) is 5.82 Å². The van der Waals surface area contributed by atoms with Gasteiger partial charge >= 0.3 is 0 Å². The molecule has 108 valence electrons. The first kappa shape index (κ1) is 12.8. The molecule has 2 N–H and O–H groups in total. The fraction of sp³-hybridized carbons (Fsp3) is 0.444. The highest BCUT2D eigenvalue weighted by atomic mass is 15.0. The van der Waals surface area contributed by atoms with Crippen LogP contribution < -0.4 is 5.73 Å². The highest BCUT2D eigenvalue weighted by Crippen LogP contribution is 2.36. The highest BCUT2D eigenvalue weighted by Gasteiger charge is 2.26. The van der Waals surface area contributed by atoms with Crippen LogP contribution in [-0.4, -0.2) is 9.97 Å². The third-order valence-electron chi connectivity index (χ3n) is 4.91. The molecule has 3 heteroatoms. The number of benzene rings is 1. The van der Waals surface area contributed by atoms with Gasteiger partial charge in [0, 0.05) is 17.2 Å². The number of aryl methyl sites for hydroxylation is 2. The Kier molecular flexibility index (Phi) is 3.13. The average molecular weight is 279 g/mol. The highest BCUT2D eigenvalue weighted by molar-refractivity contribution is 5.45. The van der Waals surface area contributed by atoms with E-state index < -0.39 is 0 Å². The van der Waals surface area contributed by atoms with Gasteiger partial charge in [-0.1, -0.05) is 24.3 Å². The van der Waals surface area contributed by atoms with Crippen LogP contribution in [0.2, 0.25) is 0 Å². The standard InChI is InChI=1S/C18H21N3/c19-17-15-9-3-4-11-16(15)20-18(21-17)14-10-5-7-12-6-1-2-8-13(12)14/h1-2,6,8,14H,3-5,7,9-11H2,(H2,19,20,21). The van der Waals surface area contributed by atoms with E-state index in [4.69, 9.17) is 10.7 Å². The lowest BCUT2D eigenvalue weighted by Crippen LogP contribution is -2.18. The number of hydrogen-bond acceptors (Lipinski definition) is 3. The van der Waals surface area contributed by atoms with Gasteiger partial charge in [0.15, 0.2) is 0 Å². The molecule has 0 saturated carbocycles. The first-order valence-electron chi connectivity index (χ1n) is 8.06. The minimum absolute atomic E-state index is 0.324. The van der Waals surface area contributed by atoms with E-state index in [1.165, 1.54) is 48.1 Å². The molecule has 3 nitrogen and oxygen atoms in total. The molecule has 0 saturated heterocycles. The maximum Gasteiger partial charge on any atom is 0.138 e. The van der Waals surface area contributed by atoms with Crippen molar-refractivity contribution in [2.45, 2.75) is 50.9 Å². The molecule has 1 aromatic carbocycles. The van der Waals surface area contributed by atoms with Gasteiger partial charge in [0.2, 0.25) is 0 Å². The Morgan fingerprint density at radius 3 is 2.76 bits per heavy atom. The SMILES string of the molecule is Nc1nc(C2CCCc3ccccc32)nc2c1CCCC2. The Balaban J connectivity index is 1.79. The van der Waals surface area contributed by atoms with Crippen molar-refractivity contribution >= 4 is 5.82 Å². The third-order valence-corrected chi connectivity index (χ3v) is 4.91. The quantitative estimate of drug-likeness (QED) is 0.870. The predicted molar refractivity (Wildman–Crippen MR) is 84.3 cm³/mol. The average Bonchev–Trinajstić information content (AvgIpc) is 2.54. The molecule has 0 amide bonds. The zero-order valence-corrected chi connectivity index (χ0v) is 12.3. The van der Waals surface area contributed by atoms with E-state index in [9.17, 15) is 0 Å². The summed E-state index contributed by atoms with van der Waals surface area (Å²) in [7, 11) is 0. The summed E-state index contributed by atoms with van der Waals surface area (Å²) in [5, 5.41) is 0. The Morgan fingerprint density at radius 2 is 1.81 bits per heavy atom. The van der Waals surface area contributed by atoms with Gasteiger partial charge in [-0.15, -0.1) is 0 Å². The van der Waals surface area contributed by atoms with Crippen LogP contribution in [0.25, 0.3) is 0 Å². The van der Waals surface area contributed by atoms with Gasteiger partial charge in [0.25, 0.3) is 0 Å². The maximum atomic E-state index is 6.22. The first-order chi connectivity index (χ1) is 10.3. The molecule has 0 aliphatic heterocycles. The molecule has 2 aliphatic carbocycles. The van der Waals surface area contributed by atoms with E-state index in [1.807, 2.05) is 0 Å². The van der Waals surface area contributed by atoms with Crippen molar-refractivity contribution in [2.75, 3.05) is 5.73 Å². The molecule has 0 spiro atoms. The smallest absolute Gasteiger partial charge is 0.138 e. The van der Waals surface area contributed by atoms with Crippen molar-refractivity contribution in [3.05, 3.63) is 52.5 Å². The van der Waals surface area contributed by atoms with E-state index in [-0.39, 0.29) is 0 Å². The molecule has 0 radical (unpaired) electrons. The van der Waals surface area contributed by atoms with Gasteiger partial charge < -0.3 is 5.73 Å². The molecule has 2 aromatic rings. The molecule has 0 bridgehead atoms. The molecular weight excluding hydrogens is 258 g/mol. The summed E-state index contributed by atoms with van der Waals surface area (Å²) in [6.45, 7) is 0. The van der Waals surface area contributed by atoms with Gasteiger partial charge in [0.1, 0.15) is 11.6 Å². The van der Waals surface area contributed by atoms with Gasteiger partial charge in [0.05, 0.1) is 0 Å². The molecule has 1 atom stereocenters. The molecule has 1 aromatic heterocycles. The van der Waals surface area contributed by atoms with E-state index in [2.05, 4.69) is 29.2 Å². The fourth-order valence-electron chi connectivity index (χ4n) is 3.82. The summed E-state index contributed by atoms with van der Waals surface area (Å²) >= 11 is 0. The topological polar surface area (TPSA) is 51.8 Å². The third kappa shape index (κ3) is 2.21. The second-order valence-corrected chi connectivity index (χ2v) is 6.24. The molecule has 4 rings (SSSR count). The summed E-state index contributed by atoms with van der Waals surface area (Å²) in [4.78, 5) is 9.58. The predicted octanol–water partition coefficient (Wildman–Crippen LogP) is 3.41. The second-order valence-electron chi connectivity index (χ2n) is 6.24.